The Morgan fingerprint density at radius 2 is 1.50 bits per heavy atom. The van der Waals surface area contributed by atoms with Crippen LogP contribution in [0.5, 0.6) is 0 Å². The van der Waals surface area contributed by atoms with Gasteiger partial charge in [0.2, 0.25) is 5.91 Å². The molecule has 2 amide bonds. The molecule has 0 saturated carbocycles. The van der Waals surface area contributed by atoms with Gasteiger partial charge in [0.05, 0.1) is 0 Å². The molecule has 0 aliphatic rings. The van der Waals surface area contributed by atoms with Crippen molar-refractivity contribution >= 4 is 22.6 Å². The van der Waals surface area contributed by atoms with Gasteiger partial charge in [-0.05, 0) is 47.0 Å². The average molecular weight is 382 g/mol. The number of amides is 2. The number of hydrogen-bond donors (Lipinski definition) is 2. The minimum Gasteiger partial charge on any atom is -0.356 e. The summed E-state index contributed by atoms with van der Waals surface area (Å²) >= 11 is 0. The summed E-state index contributed by atoms with van der Waals surface area (Å²) in [6.45, 7) is 0.465. The van der Waals surface area contributed by atoms with Crippen LogP contribution in [0.4, 0.5) is 8.78 Å². The molecule has 28 heavy (non-hydrogen) atoms. The van der Waals surface area contributed by atoms with Crippen molar-refractivity contribution in [1.82, 2.24) is 10.6 Å². The van der Waals surface area contributed by atoms with Crippen LogP contribution in [0.2, 0.25) is 0 Å². The van der Waals surface area contributed by atoms with E-state index >= 15 is 0 Å². The topological polar surface area (TPSA) is 58.2 Å². The number of halogens is 2. The molecule has 0 heterocycles. The summed E-state index contributed by atoms with van der Waals surface area (Å²) in [5.41, 5.74) is 1.01. The van der Waals surface area contributed by atoms with Crippen LogP contribution in [-0.4, -0.2) is 24.9 Å². The fraction of sp³-hybridized carbons (Fsp3) is 0.182. The molecule has 3 aromatic rings. The lowest BCUT2D eigenvalue weighted by Gasteiger charge is -2.08. The lowest BCUT2D eigenvalue weighted by Crippen LogP contribution is -2.31. The van der Waals surface area contributed by atoms with Crippen LogP contribution in [0.1, 0.15) is 22.3 Å². The van der Waals surface area contributed by atoms with Gasteiger partial charge in [-0.2, -0.15) is 0 Å². The van der Waals surface area contributed by atoms with Gasteiger partial charge in [0.25, 0.3) is 5.91 Å². The van der Waals surface area contributed by atoms with E-state index in [1.54, 1.807) is 6.07 Å². The van der Waals surface area contributed by atoms with Crippen LogP contribution < -0.4 is 10.6 Å². The molecule has 4 nitrogen and oxygen atoms in total. The predicted molar refractivity (Wildman–Crippen MR) is 104 cm³/mol. The molecule has 0 aliphatic heterocycles. The summed E-state index contributed by atoms with van der Waals surface area (Å²) in [4.78, 5) is 24.1. The number of nitrogens with one attached hydrogen (secondary N) is 2. The van der Waals surface area contributed by atoms with Crippen LogP contribution in [-0.2, 0) is 11.2 Å². The van der Waals surface area contributed by atoms with E-state index in [2.05, 4.69) is 10.6 Å². The largest absolute Gasteiger partial charge is 0.356 e. The third-order valence-corrected chi connectivity index (χ3v) is 4.31. The van der Waals surface area contributed by atoms with Crippen molar-refractivity contribution in [1.29, 1.82) is 0 Å². The molecular formula is C22H20F2N2O2. The minimum atomic E-state index is -0.641. The molecule has 0 fully saturated rings. The standard InChI is InChI=1S/C22H20F2N2O2/c23-19-11-15(12-20(24)14-19)7-9-25-21(27)8-10-26-22(28)18-6-5-16-3-1-2-4-17(16)13-18/h1-6,11-14H,7-10H2,(H,25,27)(H,26,28). The van der Waals surface area contributed by atoms with Crippen molar-refractivity contribution in [2.24, 2.45) is 0 Å². The van der Waals surface area contributed by atoms with Crippen molar-refractivity contribution in [2.45, 2.75) is 12.8 Å². The molecule has 0 saturated heterocycles. The van der Waals surface area contributed by atoms with Crippen molar-refractivity contribution < 1.29 is 18.4 Å². The smallest absolute Gasteiger partial charge is 0.251 e. The Morgan fingerprint density at radius 3 is 2.25 bits per heavy atom. The van der Waals surface area contributed by atoms with Crippen molar-refractivity contribution in [2.75, 3.05) is 13.1 Å². The number of carbonyl (C=O) groups excluding carboxylic acids is 2. The molecule has 0 bridgehead atoms. The van der Waals surface area contributed by atoms with E-state index in [1.807, 2.05) is 36.4 Å². The zero-order valence-corrected chi connectivity index (χ0v) is 15.2. The van der Waals surface area contributed by atoms with Gasteiger partial charge in [0.15, 0.2) is 0 Å². The van der Waals surface area contributed by atoms with Gasteiger partial charge in [0.1, 0.15) is 11.6 Å². The average Bonchev–Trinajstić information content (AvgIpc) is 2.66. The summed E-state index contributed by atoms with van der Waals surface area (Å²) in [6.07, 6.45) is 0.445. The van der Waals surface area contributed by atoms with E-state index in [0.29, 0.717) is 17.5 Å². The first-order valence-electron chi connectivity index (χ1n) is 9.00. The highest BCUT2D eigenvalue weighted by molar-refractivity contribution is 5.98. The molecule has 3 rings (SSSR count). The van der Waals surface area contributed by atoms with Gasteiger partial charge < -0.3 is 10.6 Å². The number of benzene rings is 3. The maximum absolute atomic E-state index is 13.1. The highest BCUT2D eigenvalue weighted by atomic mass is 19.1. The van der Waals surface area contributed by atoms with Gasteiger partial charge in [-0.25, -0.2) is 8.78 Å². The van der Waals surface area contributed by atoms with Crippen LogP contribution in [0.25, 0.3) is 10.8 Å². The zero-order chi connectivity index (χ0) is 19.9. The van der Waals surface area contributed by atoms with E-state index in [1.165, 1.54) is 12.1 Å². The monoisotopic (exact) mass is 382 g/mol. The second kappa shape index (κ2) is 9.08. The van der Waals surface area contributed by atoms with Gasteiger partial charge in [-0.15, -0.1) is 0 Å². The molecule has 0 radical (unpaired) electrons. The van der Waals surface area contributed by atoms with Crippen molar-refractivity contribution in [3.63, 3.8) is 0 Å². The Labute approximate surface area is 161 Å². The minimum absolute atomic E-state index is 0.122. The predicted octanol–water partition coefficient (Wildman–Crippen LogP) is 3.60. The molecule has 0 unspecified atom stereocenters. The molecule has 0 aromatic heterocycles. The van der Waals surface area contributed by atoms with Gasteiger partial charge in [-0.1, -0.05) is 30.3 Å². The summed E-state index contributed by atoms with van der Waals surface area (Å²) in [5, 5.41) is 7.42. The number of hydrogen-bond acceptors (Lipinski definition) is 2. The third kappa shape index (κ3) is 5.36. The number of carbonyl (C=O) groups is 2. The first kappa shape index (κ1) is 19.5. The summed E-state index contributed by atoms with van der Waals surface area (Å²) in [7, 11) is 0. The fourth-order valence-electron chi connectivity index (χ4n) is 2.91. The number of fused-ring (bicyclic) bond motifs is 1. The maximum Gasteiger partial charge on any atom is 0.251 e. The second-order valence-electron chi connectivity index (χ2n) is 6.45. The highest BCUT2D eigenvalue weighted by Crippen LogP contribution is 2.15. The van der Waals surface area contributed by atoms with E-state index in [4.69, 9.17) is 0 Å². The zero-order valence-electron chi connectivity index (χ0n) is 15.2. The summed E-state index contributed by atoms with van der Waals surface area (Å²) in [5.74, 6) is -1.76. The van der Waals surface area contributed by atoms with Crippen LogP contribution in [0.15, 0.2) is 60.7 Å². The number of rotatable bonds is 7. The first-order chi connectivity index (χ1) is 13.5. The quantitative estimate of drug-likeness (QED) is 0.656. The maximum atomic E-state index is 13.1. The van der Waals surface area contributed by atoms with Gasteiger partial charge in [0, 0.05) is 31.1 Å². The summed E-state index contributed by atoms with van der Waals surface area (Å²) in [6, 6.07) is 16.5. The van der Waals surface area contributed by atoms with E-state index < -0.39 is 11.6 Å². The summed E-state index contributed by atoms with van der Waals surface area (Å²) < 4.78 is 26.2. The molecule has 144 valence electrons. The van der Waals surface area contributed by atoms with Gasteiger partial charge in [-0.3, -0.25) is 9.59 Å². The lowest BCUT2D eigenvalue weighted by molar-refractivity contribution is -0.120. The first-order valence-corrected chi connectivity index (χ1v) is 9.00. The second-order valence-corrected chi connectivity index (χ2v) is 6.45. The van der Waals surface area contributed by atoms with Crippen molar-refractivity contribution in [3.05, 3.63) is 83.4 Å². The molecule has 3 aromatic carbocycles. The molecule has 6 heteroatoms. The molecule has 0 aliphatic carbocycles. The molecule has 0 atom stereocenters. The molecule has 0 spiro atoms. The van der Waals surface area contributed by atoms with Crippen LogP contribution in [0, 0.1) is 11.6 Å². The van der Waals surface area contributed by atoms with Crippen LogP contribution in [0.3, 0.4) is 0 Å². The van der Waals surface area contributed by atoms with E-state index in [-0.39, 0.29) is 31.3 Å². The Kier molecular flexibility index (Phi) is 6.32. The lowest BCUT2D eigenvalue weighted by atomic mass is 10.1. The van der Waals surface area contributed by atoms with Gasteiger partial charge >= 0.3 is 0 Å². The Hall–Kier alpha value is -3.28. The Bertz CT molecular complexity index is 984. The van der Waals surface area contributed by atoms with E-state index in [9.17, 15) is 18.4 Å². The third-order valence-electron chi connectivity index (χ3n) is 4.31. The molecular weight excluding hydrogens is 362 g/mol. The SMILES string of the molecule is O=C(CCNC(=O)c1ccc2ccccc2c1)NCCc1cc(F)cc(F)c1. The Morgan fingerprint density at radius 1 is 0.786 bits per heavy atom. The van der Waals surface area contributed by atoms with Crippen molar-refractivity contribution in [3.8, 4) is 0 Å². The van der Waals surface area contributed by atoms with Crippen LogP contribution >= 0.6 is 0 Å². The molecule has 2 N–H and O–H groups in total. The highest BCUT2D eigenvalue weighted by Gasteiger charge is 2.08. The Balaban J connectivity index is 1.41. The normalized spacial score (nSPS) is 10.6. The van der Waals surface area contributed by atoms with E-state index in [0.717, 1.165) is 16.8 Å². The fourth-order valence-corrected chi connectivity index (χ4v) is 2.91.